The Kier molecular flexibility index (Phi) is 4.88. The number of amides is 1. The Hall–Kier alpha value is -0.570. The molecule has 1 aliphatic heterocycles. The van der Waals surface area contributed by atoms with Crippen molar-refractivity contribution >= 4 is 5.91 Å². The van der Waals surface area contributed by atoms with Crippen LogP contribution in [0.3, 0.4) is 0 Å². The number of carbonyl (C=O) groups excluding carboxylic acids is 1. The van der Waals surface area contributed by atoms with Gasteiger partial charge >= 0.3 is 0 Å². The van der Waals surface area contributed by atoms with Gasteiger partial charge in [-0.15, -0.1) is 0 Å². The third-order valence-electron chi connectivity index (χ3n) is 5.01. The molecule has 2 atom stereocenters. The Morgan fingerprint density at radius 1 is 1.32 bits per heavy atom. The van der Waals surface area contributed by atoms with E-state index >= 15 is 0 Å². The largest absolute Gasteiger partial charge is 0.338 e. The summed E-state index contributed by atoms with van der Waals surface area (Å²) in [7, 11) is 0. The molecule has 1 heterocycles. The molecule has 2 aliphatic rings. The van der Waals surface area contributed by atoms with Crippen molar-refractivity contribution in [3.8, 4) is 0 Å². The first-order valence-corrected chi connectivity index (χ1v) is 8.07. The summed E-state index contributed by atoms with van der Waals surface area (Å²) in [5.74, 6) is 0.680. The predicted molar refractivity (Wildman–Crippen MR) is 79.0 cm³/mol. The van der Waals surface area contributed by atoms with Gasteiger partial charge in [0.05, 0.1) is 0 Å². The van der Waals surface area contributed by atoms with E-state index in [2.05, 4.69) is 31.0 Å². The quantitative estimate of drug-likeness (QED) is 0.848. The minimum Gasteiger partial charge on any atom is -0.338 e. The van der Waals surface area contributed by atoms with E-state index in [-0.39, 0.29) is 11.3 Å². The molecule has 0 spiro atoms. The van der Waals surface area contributed by atoms with Gasteiger partial charge < -0.3 is 10.2 Å². The minimum absolute atomic E-state index is 0.200. The third-order valence-corrected chi connectivity index (χ3v) is 5.01. The van der Waals surface area contributed by atoms with Gasteiger partial charge in [-0.05, 0) is 44.1 Å². The lowest BCUT2D eigenvalue weighted by molar-refractivity contribution is -0.141. The number of rotatable bonds is 4. The highest BCUT2D eigenvalue weighted by Gasteiger charge is 2.42. The van der Waals surface area contributed by atoms with Gasteiger partial charge in [-0.25, -0.2) is 0 Å². The molecule has 1 aliphatic carbocycles. The molecule has 2 rings (SSSR count). The fourth-order valence-electron chi connectivity index (χ4n) is 3.80. The third kappa shape index (κ3) is 3.31. The SMILES string of the molecule is CCCN(C(=O)C1CCCC1(C)C)C1CCCNC1. The van der Waals surface area contributed by atoms with Crippen molar-refractivity contribution in [1.29, 1.82) is 0 Å². The second kappa shape index (κ2) is 6.25. The lowest BCUT2D eigenvalue weighted by atomic mass is 9.80. The molecular formula is C16H30N2O. The standard InChI is InChI=1S/C16H30N2O/c1-4-11-18(13-7-6-10-17-12-13)15(19)14-8-5-9-16(14,2)3/h13-14,17H,4-12H2,1-3H3. The molecule has 2 fully saturated rings. The van der Waals surface area contributed by atoms with Crippen molar-refractivity contribution in [2.75, 3.05) is 19.6 Å². The van der Waals surface area contributed by atoms with Gasteiger partial charge in [-0.2, -0.15) is 0 Å². The molecule has 1 saturated carbocycles. The first-order valence-electron chi connectivity index (χ1n) is 8.07. The van der Waals surface area contributed by atoms with Crippen LogP contribution in [0.5, 0.6) is 0 Å². The van der Waals surface area contributed by atoms with Crippen LogP contribution in [0.2, 0.25) is 0 Å². The van der Waals surface area contributed by atoms with E-state index in [1.807, 2.05) is 0 Å². The molecule has 1 N–H and O–H groups in total. The molecule has 2 unspecified atom stereocenters. The Morgan fingerprint density at radius 3 is 2.63 bits per heavy atom. The van der Waals surface area contributed by atoms with Crippen LogP contribution in [0.4, 0.5) is 0 Å². The zero-order chi connectivity index (χ0) is 13.9. The Morgan fingerprint density at radius 2 is 2.11 bits per heavy atom. The molecule has 0 aromatic rings. The second-order valence-corrected chi connectivity index (χ2v) is 6.97. The molecule has 0 aromatic heterocycles. The lowest BCUT2D eigenvalue weighted by Gasteiger charge is -2.38. The highest BCUT2D eigenvalue weighted by molar-refractivity contribution is 5.80. The number of carbonyl (C=O) groups is 1. The molecule has 0 aromatic carbocycles. The Balaban J connectivity index is 2.07. The smallest absolute Gasteiger partial charge is 0.226 e. The van der Waals surface area contributed by atoms with Crippen LogP contribution in [0.15, 0.2) is 0 Å². The Labute approximate surface area is 118 Å². The molecule has 0 radical (unpaired) electrons. The molecule has 3 heteroatoms. The van der Waals surface area contributed by atoms with Gasteiger partial charge in [-0.1, -0.05) is 27.2 Å². The summed E-state index contributed by atoms with van der Waals surface area (Å²) in [6.45, 7) is 9.74. The summed E-state index contributed by atoms with van der Waals surface area (Å²) in [5.41, 5.74) is 0.200. The zero-order valence-electron chi connectivity index (χ0n) is 12.9. The van der Waals surface area contributed by atoms with E-state index < -0.39 is 0 Å². The van der Waals surface area contributed by atoms with Crippen molar-refractivity contribution in [2.45, 2.75) is 65.3 Å². The lowest BCUT2D eigenvalue weighted by Crippen LogP contribution is -2.51. The summed E-state index contributed by atoms with van der Waals surface area (Å²) in [6.07, 6.45) is 6.94. The van der Waals surface area contributed by atoms with E-state index in [1.54, 1.807) is 0 Å². The first kappa shape index (κ1) is 14.8. The summed E-state index contributed by atoms with van der Waals surface area (Å²) >= 11 is 0. The maximum absolute atomic E-state index is 12.9. The van der Waals surface area contributed by atoms with Crippen molar-refractivity contribution in [1.82, 2.24) is 10.2 Å². The molecular weight excluding hydrogens is 236 g/mol. The molecule has 0 bridgehead atoms. The van der Waals surface area contributed by atoms with Crippen LogP contribution < -0.4 is 5.32 Å². The average Bonchev–Trinajstić information content (AvgIpc) is 2.76. The highest BCUT2D eigenvalue weighted by atomic mass is 16.2. The summed E-state index contributed by atoms with van der Waals surface area (Å²) in [4.78, 5) is 15.1. The van der Waals surface area contributed by atoms with Crippen molar-refractivity contribution in [3.05, 3.63) is 0 Å². The molecule has 3 nitrogen and oxygen atoms in total. The van der Waals surface area contributed by atoms with Crippen molar-refractivity contribution in [2.24, 2.45) is 11.3 Å². The van der Waals surface area contributed by atoms with Crippen LogP contribution in [0.25, 0.3) is 0 Å². The number of piperidine rings is 1. The first-order chi connectivity index (χ1) is 9.06. The molecule has 110 valence electrons. The summed E-state index contributed by atoms with van der Waals surface area (Å²) in [6, 6.07) is 0.428. The van der Waals surface area contributed by atoms with Crippen molar-refractivity contribution < 1.29 is 4.79 Å². The van der Waals surface area contributed by atoms with E-state index in [9.17, 15) is 4.79 Å². The van der Waals surface area contributed by atoms with Crippen LogP contribution in [0.1, 0.15) is 59.3 Å². The average molecular weight is 266 g/mol. The molecule has 1 amide bonds. The van der Waals surface area contributed by atoms with Gasteiger partial charge in [0, 0.05) is 25.0 Å². The monoisotopic (exact) mass is 266 g/mol. The van der Waals surface area contributed by atoms with Crippen LogP contribution >= 0.6 is 0 Å². The van der Waals surface area contributed by atoms with Crippen molar-refractivity contribution in [3.63, 3.8) is 0 Å². The predicted octanol–water partition coefficient (Wildman–Crippen LogP) is 2.80. The molecule has 1 saturated heterocycles. The van der Waals surface area contributed by atoms with Gasteiger partial charge in [0.2, 0.25) is 5.91 Å². The number of nitrogens with one attached hydrogen (secondary N) is 1. The highest BCUT2D eigenvalue weighted by Crippen LogP contribution is 2.43. The maximum atomic E-state index is 12.9. The van der Waals surface area contributed by atoms with Gasteiger partial charge in [0.1, 0.15) is 0 Å². The van der Waals surface area contributed by atoms with Gasteiger partial charge in [0.25, 0.3) is 0 Å². The van der Waals surface area contributed by atoms with Crippen LogP contribution in [-0.2, 0) is 4.79 Å². The topological polar surface area (TPSA) is 32.3 Å². The van der Waals surface area contributed by atoms with Crippen LogP contribution in [0, 0.1) is 11.3 Å². The van der Waals surface area contributed by atoms with Gasteiger partial charge in [-0.3, -0.25) is 4.79 Å². The summed E-state index contributed by atoms with van der Waals surface area (Å²) in [5, 5.41) is 3.45. The summed E-state index contributed by atoms with van der Waals surface area (Å²) < 4.78 is 0. The van der Waals surface area contributed by atoms with Crippen LogP contribution in [-0.4, -0.2) is 36.5 Å². The number of nitrogens with zero attached hydrogens (tertiary/aromatic N) is 1. The van der Waals surface area contributed by atoms with E-state index in [0.717, 1.165) is 32.5 Å². The molecule has 19 heavy (non-hydrogen) atoms. The minimum atomic E-state index is 0.200. The fraction of sp³-hybridized carbons (Fsp3) is 0.938. The number of hydrogen-bond donors (Lipinski definition) is 1. The maximum Gasteiger partial charge on any atom is 0.226 e. The Bertz CT molecular complexity index is 308. The number of hydrogen-bond acceptors (Lipinski definition) is 2. The fourth-order valence-corrected chi connectivity index (χ4v) is 3.80. The zero-order valence-corrected chi connectivity index (χ0v) is 12.9. The normalized spacial score (nSPS) is 30.3. The second-order valence-electron chi connectivity index (χ2n) is 6.97. The van der Waals surface area contributed by atoms with E-state index in [1.165, 1.54) is 25.7 Å². The van der Waals surface area contributed by atoms with E-state index in [0.29, 0.717) is 11.9 Å². The van der Waals surface area contributed by atoms with E-state index in [4.69, 9.17) is 0 Å². The van der Waals surface area contributed by atoms with Gasteiger partial charge in [0.15, 0.2) is 0 Å².